The number of nitrogens with one attached hydrogen (secondary N) is 6. The zero-order valence-corrected chi connectivity index (χ0v) is 25.7. The molecule has 1 aliphatic heterocycles. The normalized spacial score (nSPS) is 12.7. The molecule has 0 aromatic heterocycles. The van der Waals surface area contributed by atoms with E-state index in [-0.39, 0.29) is 75.9 Å². The first-order valence-electron chi connectivity index (χ1n) is 14.8. The van der Waals surface area contributed by atoms with E-state index in [1.54, 1.807) is 30.3 Å². The lowest BCUT2D eigenvalue weighted by Gasteiger charge is -2.19. The molecule has 0 fully saturated rings. The molecule has 0 unspecified atom stereocenters. The Balaban J connectivity index is 1.68. The highest BCUT2D eigenvalue weighted by Crippen LogP contribution is 2.08. The number of rotatable bonds is 21. The lowest BCUT2D eigenvalue weighted by molar-refractivity contribution is -0.137. The van der Waals surface area contributed by atoms with Crippen molar-refractivity contribution in [2.45, 2.75) is 44.6 Å². The molecule has 0 aliphatic carbocycles. The molecule has 0 spiro atoms. The largest absolute Gasteiger partial charge is 0.361 e. The van der Waals surface area contributed by atoms with E-state index < -0.39 is 36.2 Å². The summed E-state index contributed by atoms with van der Waals surface area (Å²) in [4.78, 5) is 97.1. The van der Waals surface area contributed by atoms with Crippen LogP contribution in [0.5, 0.6) is 0 Å². The molecular formula is C30H41N7O9. The number of hydrogen-bond donors (Lipinski definition) is 6. The van der Waals surface area contributed by atoms with Crippen LogP contribution in [0.15, 0.2) is 42.5 Å². The molecule has 1 heterocycles. The molecule has 6 N–H and O–H groups in total. The number of nitrogens with zero attached hydrogens (tertiary/aromatic N) is 1. The van der Waals surface area contributed by atoms with Gasteiger partial charge in [-0.25, -0.2) is 0 Å². The Bertz CT molecular complexity index is 1250. The predicted molar refractivity (Wildman–Crippen MR) is 163 cm³/mol. The van der Waals surface area contributed by atoms with Gasteiger partial charge < -0.3 is 36.6 Å². The molecule has 0 saturated carbocycles. The third-order valence-electron chi connectivity index (χ3n) is 6.56. The van der Waals surface area contributed by atoms with Crippen molar-refractivity contribution >= 4 is 47.3 Å². The molecule has 0 saturated heterocycles. The van der Waals surface area contributed by atoms with Crippen molar-refractivity contribution in [3.63, 3.8) is 0 Å². The molecule has 1 aromatic rings. The third-order valence-corrected chi connectivity index (χ3v) is 6.56. The van der Waals surface area contributed by atoms with Crippen molar-refractivity contribution < 1.29 is 43.1 Å². The quantitative estimate of drug-likeness (QED) is 0.0484. The van der Waals surface area contributed by atoms with Crippen LogP contribution in [-0.2, 0) is 49.5 Å². The van der Waals surface area contributed by atoms with Gasteiger partial charge in [-0.15, -0.1) is 0 Å². The highest BCUT2D eigenvalue weighted by atomic mass is 16.5. The van der Waals surface area contributed by atoms with Crippen molar-refractivity contribution in [1.82, 2.24) is 36.8 Å². The van der Waals surface area contributed by atoms with Gasteiger partial charge in [0, 0.05) is 38.6 Å². The summed E-state index contributed by atoms with van der Waals surface area (Å²) >= 11 is 0. The van der Waals surface area contributed by atoms with Crippen LogP contribution in [0.25, 0.3) is 0 Å². The molecule has 1 aliphatic rings. The van der Waals surface area contributed by atoms with Gasteiger partial charge in [-0.2, -0.15) is 0 Å². The van der Waals surface area contributed by atoms with Gasteiger partial charge in [-0.05, 0) is 18.4 Å². The monoisotopic (exact) mass is 643 g/mol. The van der Waals surface area contributed by atoms with E-state index in [4.69, 9.17) is 4.74 Å². The highest BCUT2D eigenvalue weighted by molar-refractivity contribution is 6.12. The second-order valence-corrected chi connectivity index (χ2v) is 10.1. The number of imide groups is 1. The van der Waals surface area contributed by atoms with Crippen LogP contribution in [-0.4, -0.2) is 105 Å². The fourth-order valence-corrected chi connectivity index (χ4v) is 4.04. The number of amides is 8. The zero-order chi connectivity index (χ0) is 33.7. The molecule has 0 radical (unpaired) electrons. The summed E-state index contributed by atoms with van der Waals surface area (Å²) in [5, 5.41) is 14.7. The number of carbonyl (C=O) groups is 8. The molecule has 8 amide bonds. The lowest BCUT2D eigenvalue weighted by Crippen LogP contribution is -2.52. The van der Waals surface area contributed by atoms with E-state index in [0.717, 1.165) is 10.5 Å². The number of benzene rings is 1. The molecule has 16 nitrogen and oxygen atoms in total. The smallest absolute Gasteiger partial charge is 0.253 e. The molecule has 1 aromatic carbocycles. The van der Waals surface area contributed by atoms with Crippen LogP contribution in [0.2, 0.25) is 0 Å². The summed E-state index contributed by atoms with van der Waals surface area (Å²) in [7, 11) is 1.50. The molecule has 16 heteroatoms. The van der Waals surface area contributed by atoms with Gasteiger partial charge in [0.25, 0.3) is 11.8 Å². The second kappa shape index (κ2) is 20.8. The molecule has 1 atom stereocenters. The maximum absolute atomic E-state index is 12.9. The first kappa shape index (κ1) is 37.1. The van der Waals surface area contributed by atoms with E-state index in [2.05, 4.69) is 31.9 Å². The van der Waals surface area contributed by atoms with Crippen molar-refractivity contribution in [1.29, 1.82) is 0 Å². The number of carbonyl (C=O) groups excluding carboxylic acids is 8. The first-order valence-corrected chi connectivity index (χ1v) is 14.8. The predicted octanol–water partition coefficient (Wildman–Crippen LogP) is -2.23. The van der Waals surface area contributed by atoms with Crippen molar-refractivity contribution in [2.75, 3.05) is 46.6 Å². The van der Waals surface area contributed by atoms with Gasteiger partial charge >= 0.3 is 0 Å². The van der Waals surface area contributed by atoms with E-state index in [9.17, 15) is 38.4 Å². The summed E-state index contributed by atoms with van der Waals surface area (Å²) in [6.45, 7) is -0.966. The maximum Gasteiger partial charge on any atom is 0.253 e. The average Bonchev–Trinajstić information content (AvgIpc) is 3.37. The van der Waals surface area contributed by atoms with Gasteiger partial charge in [0.15, 0.2) is 0 Å². The van der Waals surface area contributed by atoms with E-state index >= 15 is 0 Å². The van der Waals surface area contributed by atoms with Gasteiger partial charge in [0.2, 0.25) is 35.4 Å². The van der Waals surface area contributed by atoms with Crippen LogP contribution >= 0.6 is 0 Å². The van der Waals surface area contributed by atoms with Crippen LogP contribution in [0.1, 0.15) is 37.7 Å². The Morgan fingerprint density at radius 1 is 0.717 bits per heavy atom. The van der Waals surface area contributed by atoms with Crippen molar-refractivity contribution in [3.05, 3.63) is 48.0 Å². The molecule has 250 valence electrons. The molecule has 2 rings (SSSR count). The maximum atomic E-state index is 12.9. The van der Waals surface area contributed by atoms with E-state index in [1.807, 2.05) is 0 Å². The average molecular weight is 644 g/mol. The minimum Gasteiger partial charge on any atom is -0.361 e. The number of unbranched alkanes of at least 4 members (excludes halogenated alkanes) is 2. The summed E-state index contributed by atoms with van der Waals surface area (Å²) in [5.41, 5.74) is 0.749. The van der Waals surface area contributed by atoms with Crippen LogP contribution in [0, 0.1) is 0 Å². The van der Waals surface area contributed by atoms with Gasteiger partial charge in [-0.1, -0.05) is 36.8 Å². The second-order valence-electron chi connectivity index (χ2n) is 10.1. The summed E-state index contributed by atoms with van der Waals surface area (Å²) < 4.78 is 5.15. The molecule has 0 bridgehead atoms. The van der Waals surface area contributed by atoms with Crippen LogP contribution in [0.4, 0.5) is 0 Å². The fourth-order valence-electron chi connectivity index (χ4n) is 4.04. The Morgan fingerprint density at radius 2 is 1.35 bits per heavy atom. The minimum absolute atomic E-state index is 0.105. The Labute approximate surface area is 266 Å². The highest BCUT2D eigenvalue weighted by Gasteiger charge is 2.23. The topological polar surface area (TPSA) is 221 Å². The molecule has 46 heavy (non-hydrogen) atoms. The standard InChI is InChI=1S/C30H41N7O9/c1-31-23(38)13-15-46-20-35-26(41)18-34-30(45)22(16-21-8-4-2-5-9-21)36-27(42)19-33-25(40)17-32-24(39)10-6-3-7-14-37-28(43)11-12-29(37)44/h2,4-5,8-9,11-12,22H,3,6-7,10,13-20H2,1H3,(H,31,38)(H,32,39)(H,33,40)(H,34,45)(H,35,41)(H,36,42)/t22-/m0/s1. The van der Waals surface area contributed by atoms with E-state index in [1.165, 1.54) is 19.2 Å². The Kier molecular flexibility index (Phi) is 16.7. The summed E-state index contributed by atoms with van der Waals surface area (Å²) in [6, 6.07) is 7.83. The minimum atomic E-state index is -1.05. The number of ether oxygens (including phenoxy) is 1. The van der Waals surface area contributed by atoms with Crippen LogP contribution < -0.4 is 31.9 Å². The zero-order valence-electron chi connectivity index (χ0n) is 25.7. The SMILES string of the molecule is CNC(=O)CCOCNC(=O)CNC(=O)[C@H](Cc1ccccc1)NC(=O)CNC(=O)CNC(=O)CCCCCN1C(=O)C=CC1=O. The van der Waals surface area contributed by atoms with Crippen molar-refractivity contribution in [2.24, 2.45) is 0 Å². The van der Waals surface area contributed by atoms with Crippen LogP contribution in [0.3, 0.4) is 0 Å². The summed E-state index contributed by atoms with van der Waals surface area (Å²) in [5.74, 6) is -3.71. The van der Waals surface area contributed by atoms with Crippen molar-refractivity contribution in [3.8, 4) is 0 Å². The molecular weight excluding hydrogens is 602 g/mol. The summed E-state index contributed by atoms with van der Waals surface area (Å²) in [6.07, 6.45) is 4.48. The lowest BCUT2D eigenvalue weighted by atomic mass is 10.1. The van der Waals surface area contributed by atoms with Gasteiger partial charge in [-0.3, -0.25) is 43.3 Å². The van der Waals surface area contributed by atoms with Gasteiger partial charge in [0.1, 0.15) is 12.8 Å². The first-order chi connectivity index (χ1) is 22.1. The Morgan fingerprint density at radius 3 is 2.04 bits per heavy atom. The Hall–Kier alpha value is -5.12. The van der Waals surface area contributed by atoms with E-state index in [0.29, 0.717) is 19.3 Å². The fraction of sp³-hybridized carbons (Fsp3) is 0.467. The van der Waals surface area contributed by atoms with Gasteiger partial charge in [0.05, 0.1) is 32.7 Å². The number of hydrogen-bond acceptors (Lipinski definition) is 9. The third kappa shape index (κ3) is 15.1.